The lowest BCUT2D eigenvalue weighted by atomic mass is 9.61. The van der Waals surface area contributed by atoms with Crippen LogP contribution in [-0.4, -0.2) is 33.2 Å². The van der Waals surface area contributed by atoms with Gasteiger partial charge in [0.1, 0.15) is 11.9 Å². The van der Waals surface area contributed by atoms with Gasteiger partial charge in [-0.2, -0.15) is 0 Å². The van der Waals surface area contributed by atoms with Crippen molar-refractivity contribution < 1.29 is 14.6 Å². The summed E-state index contributed by atoms with van der Waals surface area (Å²) in [7, 11) is 0. The predicted molar refractivity (Wildman–Crippen MR) is 158 cm³/mol. The molecule has 3 aromatic rings. The van der Waals surface area contributed by atoms with Crippen LogP contribution in [0.2, 0.25) is 5.02 Å². The molecule has 0 amide bonds. The van der Waals surface area contributed by atoms with E-state index in [0.717, 1.165) is 55.8 Å². The summed E-state index contributed by atoms with van der Waals surface area (Å²) >= 11 is 6.20. The number of halogens is 1. The molecular formula is C33H36ClN3O3. The zero-order valence-electron chi connectivity index (χ0n) is 23.0. The van der Waals surface area contributed by atoms with Gasteiger partial charge in [0.25, 0.3) is 0 Å². The predicted octanol–water partition coefficient (Wildman–Crippen LogP) is 7.26. The Labute approximate surface area is 240 Å². The molecule has 1 spiro atoms. The molecule has 1 fully saturated rings. The van der Waals surface area contributed by atoms with Gasteiger partial charge in [-0.25, -0.2) is 14.8 Å². The van der Waals surface area contributed by atoms with E-state index in [2.05, 4.69) is 52.5 Å². The standard InChI is InChI=1S/C33H36ClN3O3/c1-22(20-40-30-27-10-3-5-12-29(27)35-21-36-30)17-24-18-23-7-2-4-11-28(23)32(24)13-15-33(16-14-32,31(38)39)37-26-9-6-8-25(34)19-26/h2,4,6-9,11,18-19,21-22,37H,3,5,10,12-17,20H2,1H3,(H,38,39)/t22-,32?,33?/m1/s1. The number of carboxylic acid groups (broad SMARTS) is 1. The van der Waals surface area contributed by atoms with Crippen molar-refractivity contribution in [2.45, 2.75) is 75.7 Å². The molecule has 40 heavy (non-hydrogen) atoms. The van der Waals surface area contributed by atoms with E-state index in [4.69, 9.17) is 16.3 Å². The molecule has 7 heteroatoms. The summed E-state index contributed by atoms with van der Waals surface area (Å²) in [4.78, 5) is 21.6. The monoisotopic (exact) mass is 557 g/mol. The normalized spacial score (nSPS) is 24.1. The highest BCUT2D eigenvalue weighted by Gasteiger charge is 2.51. The smallest absolute Gasteiger partial charge is 0.329 e. The molecule has 1 aromatic heterocycles. The molecule has 0 radical (unpaired) electrons. The second-order valence-corrected chi connectivity index (χ2v) is 12.2. The quantitative estimate of drug-likeness (QED) is 0.303. The third-order valence-electron chi connectivity index (χ3n) is 9.15. The summed E-state index contributed by atoms with van der Waals surface area (Å²) in [5.74, 6) is 0.211. The molecule has 1 atom stereocenters. The number of nitrogens with zero attached hydrogens (tertiary/aromatic N) is 2. The molecule has 0 aliphatic heterocycles. The van der Waals surface area contributed by atoms with E-state index in [1.54, 1.807) is 18.5 Å². The first-order valence-corrected chi connectivity index (χ1v) is 14.8. The van der Waals surface area contributed by atoms with Crippen LogP contribution in [-0.2, 0) is 23.1 Å². The minimum absolute atomic E-state index is 0.159. The summed E-state index contributed by atoms with van der Waals surface area (Å²) in [5.41, 5.74) is 5.82. The van der Waals surface area contributed by atoms with Crippen molar-refractivity contribution in [1.82, 2.24) is 9.97 Å². The second kappa shape index (κ2) is 10.9. The van der Waals surface area contributed by atoms with Crippen molar-refractivity contribution in [1.29, 1.82) is 0 Å². The average molecular weight is 558 g/mol. The molecule has 2 N–H and O–H groups in total. The summed E-state index contributed by atoms with van der Waals surface area (Å²) in [6, 6.07) is 15.9. The number of benzene rings is 2. The summed E-state index contributed by atoms with van der Waals surface area (Å²) in [6.07, 6.45) is 11.8. The number of aliphatic carboxylic acids is 1. The minimum atomic E-state index is -1.03. The highest BCUT2D eigenvalue weighted by atomic mass is 35.5. The van der Waals surface area contributed by atoms with E-state index in [0.29, 0.717) is 24.5 Å². The van der Waals surface area contributed by atoms with Crippen LogP contribution < -0.4 is 10.1 Å². The molecule has 3 aliphatic carbocycles. The van der Waals surface area contributed by atoms with Crippen LogP contribution in [0.1, 0.15) is 74.3 Å². The Morgan fingerprint density at radius 1 is 1.07 bits per heavy atom. The number of hydrogen-bond donors (Lipinski definition) is 2. The number of fused-ring (bicyclic) bond motifs is 3. The number of anilines is 1. The third kappa shape index (κ3) is 4.98. The maximum atomic E-state index is 12.7. The molecule has 1 saturated carbocycles. The largest absolute Gasteiger partial charge is 0.480 e. The van der Waals surface area contributed by atoms with Gasteiger partial charge >= 0.3 is 5.97 Å². The van der Waals surface area contributed by atoms with Gasteiger partial charge in [-0.05, 0) is 93.0 Å². The SMILES string of the molecule is C[C@@H](COc1ncnc2c1CCCC2)CC1=Cc2ccccc2C12CCC(Nc1cccc(Cl)c1)(C(=O)O)CC2. The van der Waals surface area contributed by atoms with Gasteiger partial charge in [-0.1, -0.05) is 60.5 Å². The van der Waals surface area contributed by atoms with E-state index in [1.807, 2.05) is 12.1 Å². The Morgan fingerprint density at radius 3 is 2.67 bits per heavy atom. The van der Waals surface area contributed by atoms with Gasteiger partial charge in [0.15, 0.2) is 0 Å². The number of aromatic nitrogens is 2. The van der Waals surface area contributed by atoms with Crippen LogP contribution in [0.5, 0.6) is 5.88 Å². The van der Waals surface area contributed by atoms with Crippen LogP contribution in [0, 0.1) is 5.92 Å². The van der Waals surface area contributed by atoms with E-state index >= 15 is 0 Å². The van der Waals surface area contributed by atoms with Gasteiger partial charge < -0.3 is 15.2 Å². The van der Waals surface area contributed by atoms with E-state index in [1.165, 1.54) is 28.7 Å². The molecule has 0 bridgehead atoms. The first-order valence-electron chi connectivity index (χ1n) is 14.4. The van der Waals surface area contributed by atoms with Crippen molar-refractivity contribution in [2.24, 2.45) is 5.92 Å². The molecule has 0 saturated heterocycles. The summed E-state index contributed by atoms with van der Waals surface area (Å²) < 4.78 is 6.29. The van der Waals surface area contributed by atoms with Crippen LogP contribution in [0.15, 0.2) is 60.4 Å². The minimum Gasteiger partial charge on any atom is -0.480 e. The molecule has 6 nitrogen and oxygen atoms in total. The van der Waals surface area contributed by atoms with E-state index < -0.39 is 11.5 Å². The van der Waals surface area contributed by atoms with Crippen molar-refractivity contribution in [3.8, 4) is 5.88 Å². The Bertz CT molecular complexity index is 1440. The number of carbonyl (C=O) groups is 1. The number of aryl methyl sites for hydroxylation is 1. The zero-order chi connectivity index (χ0) is 27.7. The van der Waals surface area contributed by atoms with Gasteiger partial charge in [0.05, 0.1) is 12.3 Å². The Kier molecular flexibility index (Phi) is 7.30. The van der Waals surface area contributed by atoms with Crippen molar-refractivity contribution in [3.63, 3.8) is 0 Å². The van der Waals surface area contributed by atoms with E-state index in [9.17, 15) is 9.90 Å². The second-order valence-electron chi connectivity index (χ2n) is 11.8. The Hall–Kier alpha value is -3.38. The molecule has 2 aromatic carbocycles. The number of hydrogen-bond acceptors (Lipinski definition) is 5. The van der Waals surface area contributed by atoms with Crippen molar-refractivity contribution in [2.75, 3.05) is 11.9 Å². The lowest BCUT2D eigenvalue weighted by Gasteiger charge is -2.46. The van der Waals surface area contributed by atoms with Crippen LogP contribution in [0.25, 0.3) is 6.08 Å². The maximum absolute atomic E-state index is 12.7. The number of ether oxygens (including phenoxy) is 1. The molecule has 6 rings (SSSR count). The average Bonchev–Trinajstić information content (AvgIpc) is 3.25. The number of carboxylic acids is 1. The maximum Gasteiger partial charge on any atom is 0.329 e. The van der Waals surface area contributed by atoms with Gasteiger partial charge in [0.2, 0.25) is 5.88 Å². The van der Waals surface area contributed by atoms with Gasteiger partial charge in [-0.3, -0.25) is 0 Å². The Balaban J connectivity index is 1.20. The van der Waals surface area contributed by atoms with Crippen molar-refractivity contribution in [3.05, 3.63) is 87.8 Å². The Morgan fingerprint density at radius 2 is 1.88 bits per heavy atom. The fourth-order valence-corrected chi connectivity index (χ4v) is 7.20. The number of allylic oxidation sites excluding steroid dienone is 1. The van der Waals surface area contributed by atoms with Crippen LogP contribution >= 0.6 is 11.6 Å². The topological polar surface area (TPSA) is 84.3 Å². The number of nitrogens with one attached hydrogen (secondary N) is 1. The molecular weight excluding hydrogens is 522 g/mol. The van der Waals surface area contributed by atoms with Gasteiger partial charge in [-0.15, -0.1) is 0 Å². The number of rotatable bonds is 8. The first kappa shape index (κ1) is 26.8. The molecule has 208 valence electrons. The lowest BCUT2D eigenvalue weighted by Crippen LogP contribution is -2.52. The van der Waals surface area contributed by atoms with Gasteiger partial charge in [0, 0.05) is 21.7 Å². The zero-order valence-corrected chi connectivity index (χ0v) is 23.7. The van der Waals surface area contributed by atoms with Crippen LogP contribution in [0.4, 0.5) is 5.69 Å². The summed E-state index contributed by atoms with van der Waals surface area (Å²) in [6.45, 7) is 2.82. The highest BCUT2D eigenvalue weighted by molar-refractivity contribution is 6.30. The fourth-order valence-electron chi connectivity index (χ4n) is 7.01. The third-order valence-corrected chi connectivity index (χ3v) is 9.39. The van der Waals surface area contributed by atoms with E-state index in [-0.39, 0.29) is 11.3 Å². The summed E-state index contributed by atoms with van der Waals surface area (Å²) in [5, 5.41) is 14.3. The van der Waals surface area contributed by atoms with Crippen LogP contribution in [0.3, 0.4) is 0 Å². The van der Waals surface area contributed by atoms with Crippen molar-refractivity contribution >= 4 is 29.3 Å². The molecule has 3 aliphatic rings. The fraction of sp³-hybridized carbons (Fsp3) is 0.424. The highest BCUT2D eigenvalue weighted by Crippen LogP contribution is 2.55. The lowest BCUT2D eigenvalue weighted by molar-refractivity contribution is -0.143. The first-order chi connectivity index (χ1) is 19.4. The molecule has 1 heterocycles. The molecule has 0 unspecified atom stereocenters.